The summed E-state index contributed by atoms with van der Waals surface area (Å²) in [5.74, 6) is 0.671. The monoisotopic (exact) mass is 327 g/mol. The van der Waals surface area contributed by atoms with Gasteiger partial charge in [0.05, 0.1) is 18.6 Å². The molecular weight excluding hydrogens is 314 g/mol. The summed E-state index contributed by atoms with van der Waals surface area (Å²) in [6.07, 6.45) is 0. The summed E-state index contributed by atoms with van der Waals surface area (Å²) in [5, 5.41) is 10.1. The molecule has 7 nitrogen and oxygen atoms in total. The van der Waals surface area contributed by atoms with E-state index in [0.29, 0.717) is 21.6 Å². The highest BCUT2D eigenvalue weighted by Crippen LogP contribution is 2.31. The van der Waals surface area contributed by atoms with Crippen LogP contribution in [0.5, 0.6) is 5.75 Å². The second kappa shape index (κ2) is 6.68. The highest BCUT2D eigenvalue weighted by molar-refractivity contribution is 7.99. The number of anilines is 2. The summed E-state index contributed by atoms with van der Waals surface area (Å²) < 4.78 is 5.20. The number of hydrogen-bond acceptors (Lipinski definition) is 6. The van der Waals surface area contributed by atoms with Crippen molar-refractivity contribution in [2.75, 3.05) is 23.9 Å². The molecule has 0 saturated carbocycles. The lowest BCUT2D eigenvalue weighted by atomic mass is 10.2. The Bertz CT molecular complexity index is 661. The lowest BCUT2D eigenvalue weighted by Crippen LogP contribution is -2.15. The summed E-state index contributed by atoms with van der Waals surface area (Å²) in [5.41, 5.74) is 6.82. The molecule has 9 heteroatoms. The molecule has 0 unspecified atom stereocenters. The van der Waals surface area contributed by atoms with Crippen LogP contribution in [0.4, 0.5) is 11.6 Å². The Morgan fingerprint density at radius 2 is 2.33 bits per heavy atom. The average Bonchev–Trinajstić information content (AvgIpc) is 2.86. The first-order valence-electron chi connectivity index (χ1n) is 5.94. The Balaban J connectivity index is 2.00. The number of hydrogen-bond donors (Lipinski definition) is 3. The largest absolute Gasteiger partial charge is 0.495 e. The molecule has 4 N–H and O–H groups in total. The molecule has 1 aromatic heterocycles. The third kappa shape index (κ3) is 4.02. The number of halogens is 1. The summed E-state index contributed by atoms with van der Waals surface area (Å²) in [6, 6.07) is 3.42. The predicted octanol–water partition coefficient (Wildman–Crippen LogP) is 2.09. The predicted molar refractivity (Wildman–Crippen MR) is 82.9 cm³/mol. The van der Waals surface area contributed by atoms with Gasteiger partial charge >= 0.3 is 0 Å². The summed E-state index contributed by atoms with van der Waals surface area (Å²) in [4.78, 5) is 15.8. The molecule has 0 aliphatic heterocycles. The minimum absolute atomic E-state index is 0.155. The van der Waals surface area contributed by atoms with Crippen LogP contribution >= 0.6 is 23.4 Å². The van der Waals surface area contributed by atoms with E-state index in [9.17, 15) is 4.79 Å². The van der Waals surface area contributed by atoms with E-state index in [1.165, 1.54) is 18.9 Å². The quantitative estimate of drug-likeness (QED) is 0.726. The van der Waals surface area contributed by atoms with Crippen LogP contribution in [0.3, 0.4) is 0 Å². The lowest BCUT2D eigenvalue weighted by molar-refractivity contribution is -0.113. The normalized spacial score (nSPS) is 10.4. The van der Waals surface area contributed by atoms with Gasteiger partial charge in [0.2, 0.25) is 17.0 Å². The van der Waals surface area contributed by atoms with Gasteiger partial charge in [-0.1, -0.05) is 23.4 Å². The number of carbonyl (C=O) groups is 1. The molecule has 0 atom stereocenters. The third-order valence-corrected chi connectivity index (χ3v) is 3.82. The van der Waals surface area contributed by atoms with Crippen molar-refractivity contribution in [3.63, 3.8) is 0 Å². The number of carbonyl (C=O) groups excluding carboxylic acids is 1. The molecule has 0 saturated heterocycles. The second-order valence-corrected chi connectivity index (χ2v) is 5.49. The van der Waals surface area contributed by atoms with Crippen LogP contribution < -0.4 is 15.8 Å². The maximum atomic E-state index is 11.9. The van der Waals surface area contributed by atoms with E-state index in [-0.39, 0.29) is 17.6 Å². The van der Waals surface area contributed by atoms with Crippen molar-refractivity contribution in [1.29, 1.82) is 0 Å². The van der Waals surface area contributed by atoms with Gasteiger partial charge in [0.1, 0.15) is 5.75 Å². The van der Waals surface area contributed by atoms with Gasteiger partial charge < -0.3 is 15.8 Å². The molecule has 0 aliphatic carbocycles. The fourth-order valence-electron chi connectivity index (χ4n) is 1.57. The SMILES string of the molecule is COc1cc(Cl)c(C)cc1NC(=O)CSc1n[nH]c(N)n1. The zero-order valence-electron chi connectivity index (χ0n) is 11.4. The van der Waals surface area contributed by atoms with Crippen molar-refractivity contribution in [2.24, 2.45) is 0 Å². The molecule has 2 rings (SSSR count). The fourth-order valence-corrected chi connectivity index (χ4v) is 2.33. The Morgan fingerprint density at radius 3 is 2.95 bits per heavy atom. The van der Waals surface area contributed by atoms with Gasteiger partial charge in [-0.15, -0.1) is 5.10 Å². The smallest absolute Gasteiger partial charge is 0.234 e. The van der Waals surface area contributed by atoms with E-state index in [1.54, 1.807) is 12.1 Å². The van der Waals surface area contributed by atoms with Gasteiger partial charge in [-0.2, -0.15) is 4.98 Å². The highest BCUT2D eigenvalue weighted by Gasteiger charge is 2.11. The van der Waals surface area contributed by atoms with Crippen molar-refractivity contribution < 1.29 is 9.53 Å². The zero-order valence-corrected chi connectivity index (χ0v) is 13.0. The van der Waals surface area contributed by atoms with Crippen molar-refractivity contribution in [3.8, 4) is 5.75 Å². The molecule has 112 valence electrons. The standard InChI is InChI=1S/C12H14ClN5O2S/c1-6-3-8(9(20-2)4-7(6)13)15-10(19)5-21-12-16-11(14)17-18-12/h3-4H,5H2,1-2H3,(H,15,19)(H3,14,16,17,18). The second-order valence-electron chi connectivity index (χ2n) is 4.14. The Labute approximate surface area is 130 Å². The third-order valence-electron chi connectivity index (χ3n) is 2.57. The van der Waals surface area contributed by atoms with Crippen LogP contribution in [0, 0.1) is 6.92 Å². The summed E-state index contributed by atoms with van der Waals surface area (Å²) in [6.45, 7) is 1.85. The van der Waals surface area contributed by atoms with E-state index < -0.39 is 0 Å². The van der Waals surface area contributed by atoms with Gasteiger partial charge in [-0.3, -0.25) is 4.79 Å². The van der Waals surface area contributed by atoms with E-state index in [1.807, 2.05) is 6.92 Å². The van der Waals surface area contributed by atoms with Crippen molar-refractivity contribution in [2.45, 2.75) is 12.1 Å². The van der Waals surface area contributed by atoms with Gasteiger partial charge in [-0.25, -0.2) is 5.10 Å². The molecule has 1 amide bonds. The molecule has 2 aromatic rings. The Kier molecular flexibility index (Phi) is 4.92. The molecular formula is C12H14ClN5O2S. The lowest BCUT2D eigenvalue weighted by Gasteiger charge is -2.11. The molecule has 0 radical (unpaired) electrons. The molecule has 0 fully saturated rings. The van der Waals surface area contributed by atoms with E-state index >= 15 is 0 Å². The number of aromatic amines is 1. The van der Waals surface area contributed by atoms with Crippen molar-refractivity contribution >= 4 is 40.9 Å². The Hall–Kier alpha value is -1.93. The maximum absolute atomic E-state index is 11.9. The Morgan fingerprint density at radius 1 is 1.57 bits per heavy atom. The van der Waals surface area contributed by atoms with Crippen LogP contribution in [0.15, 0.2) is 17.3 Å². The number of H-pyrrole nitrogens is 1. The number of ether oxygens (including phenoxy) is 1. The summed E-state index contributed by atoms with van der Waals surface area (Å²) in [7, 11) is 1.52. The molecule has 0 aliphatic rings. The van der Waals surface area contributed by atoms with Crippen LogP contribution in [-0.2, 0) is 4.79 Å². The number of rotatable bonds is 5. The van der Waals surface area contributed by atoms with Crippen LogP contribution in [0.25, 0.3) is 0 Å². The molecule has 0 spiro atoms. The van der Waals surface area contributed by atoms with Crippen LogP contribution in [0.2, 0.25) is 5.02 Å². The van der Waals surface area contributed by atoms with E-state index in [4.69, 9.17) is 22.1 Å². The first kappa shape index (κ1) is 15.5. The van der Waals surface area contributed by atoms with Crippen LogP contribution in [-0.4, -0.2) is 34.0 Å². The molecule has 1 heterocycles. The van der Waals surface area contributed by atoms with Crippen LogP contribution in [0.1, 0.15) is 5.56 Å². The average molecular weight is 328 g/mol. The van der Waals surface area contributed by atoms with Gasteiger partial charge in [0.15, 0.2) is 0 Å². The molecule has 0 bridgehead atoms. The zero-order chi connectivity index (χ0) is 15.4. The first-order chi connectivity index (χ1) is 9.99. The number of nitrogen functional groups attached to an aromatic ring is 1. The number of amides is 1. The van der Waals surface area contributed by atoms with E-state index in [2.05, 4.69) is 20.5 Å². The number of aromatic nitrogens is 3. The van der Waals surface area contributed by atoms with Gasteiger partial charge in [0.25, 0.3) is 0 Å². The molecule has 21 heavy (non-hydrogen) atoms. The highest BCUT2D eigenvalue weighted by atomic mass is 35.5. The minimum atomic E-state index is -0.205. The molecule has 1 aromatic carbocycles. The number of nitrogens with zero attached hydrogens (tertiary/aromatic N) is 2. The fraction of sp³-hybridized carbons (Fsp3) is 0.250. The first-order valence-corrected chi connectivity index (χ1v) is 7.30. The number of methoxy groups -OCH3 is 1. The van der Waals surface area contributed by atoms with Crippen molar-refractivity contribution in [1.82, 2.24) is 15.2 Å². The number of nitrogens with two attached hydrogens (primary N) is 1. The number of thioether (sulfide) groups is 1. The number of nitrogens with one attached hydrogen (secondary N) is 2. The van der Waals surface area contributed by atoms with Crippen molar-refractivity contribution in [3.05, 3.63) is 22.7 Å². The number of aryl methyl sites for hydroxylation is 1. The van der Waals surface area contributed by atoms with Gasteiger partial charge in [0, 0.05) is 11.1 Å². The topological polar surface area (TPSA) is 106 Å². The minimum Gasteiger partial charge on any atom is -0.495 e. The maximum Gasteiger partial charge on any atom is 0.234 e. The van der Waals surface area contributed by atoms with E-state index in [0.717, 1.165) is 5.56 Å². The number of benzene rings is 1. The van der Waals surface area contributed by atoms with Gasteiger partial charge in [-0.05, 0) is 18.6 Å². The summed E-state index contributed by atoms with van der Waals surface area (Å²) >= 11 is 7.19.